The Bertz CT molecular complexity index is 607. The summed E-state index contributed by atoms with van der Waals surface area (Å²) in [6, 6.07) is 6.43. The largest absolute Gasteiger partial charge is 0.348 e. The second kappa shape index (κ2) is 5.48. The van der Waals surface area contributed by atoms with Gasteiger partial charge in [0.15, 0.2) is 0 Å². The van der Waals surface area contributed by atoms with Crippen LogP contribution in [0.4, 0.5) is 4.39 Å². The van der Waals surface area contributed by atoms with Crippen LogP contribution >= 0.6 is 11.3 Å². The first-order valence-corrected chi connectivity index (χ1v) is 6.84. The number of carbonyl (C=O) groups is 1. The van der Waals surface area contributed by atoms with Gasteiger partial charge in [0.25, 0.3) is 5.91 Å². The fourth-order valence-electron chi connectivity index (χ4n) is 1.74. The van der Waals surface area contributed by atoms with Gasteiger partial charge in [0.1, 0.15) is 11.5 Å². The van der Waals surface area contributed by atoms with Crippen molar-refractivity contribution in [3.05, 3.63) is 40.8 Å². The van der Waals surface area contributed by atoms with Gasteiger partial charge in [-0.15, -0.1) is 11.3 Å². The number of aromatic nitrogens is 1. The highest BCUT2D eigenvalue weighted by Crippen LogP contribution is 2.31. The maximum Gasteiger partial charge on any atom is 0.271 e. The summed E-state index contributed by atoms with van der Waals surface area (Å²) in [5.41, 5.74) is 0.711. The molecule has 0 unspecified atom stereocenters. The molecule has 1 aromatic heterocycles. The SMILES string of the molecule is Cc1nc(C(=O)NC(C)C)c(-c2ccccc2F)s1. The summed E-state index contributed by atoms with van der Waals surface area (Å²) in [6.07, 6.45) is 0. The molecule has 0 bridgehead atoms. The van der Waals surface area contributed by atoms with Crippen molar-refractivity contribution in [3.8, 4) is 10.4 Å². The molecule has 1 heterocycles. The standard InChI is InChI=1S/C14H15FN2OS/c1-8(2)16-14(18)12-13(19-9(3)17-12)10-6-4-5-7-11(10)15/h4-8H,1-3H3,(H,16,18). The van der Waals surface area contributed by atoms with Crippen molar-refractivity contribution >= 4 is 17.2 Å². The Balaban J connectivity index is 2.47. The van der Waals surface area contributed by atoms with Crippen LogP contribution in [0.5, 0.6) is 0 Å². The van der Waals surface area contributed by atoms with Crippen LogP contribution in [0.1, 0.15) is 29.3 Å². The number of halogens is 1. The lowest BCUT2D eigenvalue weighted by Crippen LogP contribution is -2.30. The molecule has 0 aliphatic carbocycles. The number of rotatable bonds is 3. The summed E-state index contributed by atoms with van der Waals surface area (Å²) in [7, 11) is 0. The third-order valence-corrected chi connectivity index (χ3v) is 3.49. The maximum atomic E-state index is 13.8. The molecule has 0 fully saturated rings. The zero-order valence-corrected chi connectivity index (χ0v) is 11.8. The minimum absolute atomic E-state index is 0.0166. The summed E-state index contributed by atoms with van der Waals surface area (Å²) in [6.45, 7) is 5.56. The zero-order valence-electron chi connectivity index (χ0n) is 11.0. The predicted molar refractivity (Wildman–Crippen MR) is 74.8 cm³/mol. The highest BCUT2D eigenvalue weighted by molar-refractivity contribution is 7.15. The summed E-state index contributed by atoms with van der Waals surface area (Å²) >= 11 is 1.33. The Morgan fingerprint density at radius 1 is 1.37 bits per heavy atom. The van der Waals surface area contributed by atoms with E-state index in [1.54, 1.807) is 25.1 Å². The van der Waals surface area contributed by atoms with Gasteiger partial charge >= 0.3 is 0 Å². The average molecular weight is 278 g/mol. The smallest absolute Gasteiger partial charge is 0.271 e. The van der Waals surface area contributed by atoms with Gasteiger partial charge < -0.3 is 5.32 Å². The van der Waals surface area contributed by atoms with Crippen molar-refractivity contribution in [2.24, 2.45) is 0 Å². The number of thiazole rings is 1. The number of nitrogens with zero attached hydrogens (tertiary/aromatic N) is 1. The van der Waals surface area contributed by atoms with Crippen LogP contribution in [0.25, 0.3) is 10.4 Å². The number of aryl methyl sites for hydroxylation is 1. The first-order chi connectivity index (χ1) is 8.99. The van der Waals surface area contributed by atoms with E-state index in [1.165, 1.54) is 17.4 Å². The molecule has 5 heteroatoms. The summed E-state index contributed by atoms with van der Waals surface area (Å²) in [5, 5.41) is 3.53. The van der Waals surface area contributed by atoms with E-state index >= 15 is 0 Å². The van der Waals surface area contributed by atoms with Gasteiger partial charge in [-0.05, 0) is 26.8 Å². The Kier molecular flexibility index (Phi) is 3.95. The lowest BCUT2D eigenvalue weighted by Gasteiger charge is -2.08. The van der Waals surface area contributed by atoms with Crippen LogP contribution in [0.3, 0.4) is 0 Å². The molecule has 0 atom stereocenters. The van der Waals surface area contributed by atoms with E-state index in [1.807, 2.05) is 13.8 Å². The monoisotopic (exact) mass is 278 g/mol. The quantitative estimate of drug-likeness (QED) is 0.935. The Morgan fingerprint density at radius 2 is 2.05 bits per heavy atom. The van der Waals surface area contributed by atoms with Gasteiger partial charge in [-0.3, -0.25) is 4.79 Å². The molecule has 19 heavy (non-hydrogen) atoms. The molecule has 0 saturated carbocycles. The minimum Gasteiger partial charge on any atom is -0.348 e. The van der Waals surface area contributed by atoms with Crippen molar-refractivity contribution < 1.29 is 9.18 Å². The van der Waals surface area contributed by atoms with Crippen LogP contribution in [0.2, 0.25) is 0 Å². The predicted octanol–water partition coefficient (Wildman–Crippen LogP) is 3.40. The molecule has 1 N–H and O–H groups in total. The number of hydrogen-bond donors (Lipinski definition) is 1. The fourth-order valence-corrected chi connectivity index (χ4v) is 2.68. The summed E-state index contributed by atoms with van der Waals surface area (Å²) < 4.78 is 13.8. The van der Waals surface area contributed by atoms with Crippen molar-refractivity contribution in [1.29, 1.82) is 0 Å². The van der Waals surface area contributed by atoms with Gasteiger partial charge in [0, 0.05) is 11.6 Å². The van der Waals surface area contributed by atoms with Gasteiger partial charge in [-0.1, -0.05) is 18.2 Å². The highest BCUT2D eigenvalue weighted by atomic mass is 32.1. The van der Waals surface area contributed by atoms with Crippen molar-refractivity contribution in [3.63, 3.8) is 0 Å². The molecule has 0 aliphatic rings. The number of carbonyl (C=O) groups excluding carboxylic acids is 1. The molecule has 100 valence electrons. The van der Waals surface area contributed by atoms with Crippen LogP contribution in [0.15, 0.2) is 24.3 Å². The molecular formula is C14H15FN2OS. The molecule has 0 spiro atoms. The summed E-state index contributed by atoms with van der Waals surface area (Å²) in [5.74, 6) is -0.609. The third-order valence-electron chi connectivity index (χ3n) is 2.49. The van der Waals surface area contributed by atoms with Gasteiger partial charge in [0.05, 0.1) is 9.88 Å². The second-order valence-corrected chi connectivity index (χ2v) is 5.72. The van der Waals surface area contributed by atoms with Crippen LogP contribution in [-0.4, -0.2) is 16.9 Å². The van der Waals surface area contributed by atoms with E-state index in [2.05, 4.69) is 10.3 Å². The number of amides is 1. The molecule has 1 aromatic carbocycles. The van der Waals surface area contributed by atoms with E-state index in [4.69, 9.17) is 0 Å². The molecule has 2 rings (SSSR count). The Labute approximate surface area is 115 Å². The summed E-state index contributed by atoms with van der Waals surface area (Å²) in [4.78, 5) is 16.9. The number of nitrogens with one attached hydrogen (secondary N) is 1. The van der Waals surface area contributed by atoms with Gasteiger partial charge in [-0.2, -0.15) is 0 Å². The van der Waals surface area contributed by atoms with Crippen LogP contribution in [-0.2, 0) is 0 Å². The molecular weight excluding hydrogens is 263 g/mol. The molecule has 0 saturated heterocycles. The fraction of sp³-hybridized carbons (Fsp3) is 0.286. The van der Waals surface area contributed by atoms with Crippen LogP contribution in [0, 0.1) is 12.7 Å². The molecule has 1 amide bonds. The number of hydrogen-bond acceptors (Lipinski definition) is 3. The normalized spacial score (nSPS) is 10.8. The van der Waals surface area contributed by atoms with E-state index in [0.717, 1.165) is 5.01 Å². The first-order valence-electron chi connectivity index (χ1n) is 6.02. The Morgan fingerprint density at radius 3 is 2.68 bits per heavy atom. The third kappa shape index (κ3) is 2.98. The average Bonchev–Trinajstić information content (AvgIpc) is 2.71. The minimum atomic E-state index is -0.343. The van der Waals surface area contributed by atoms with E-state index in [9.17, 15) is 9.18 Å². The first kappa shape index (κ1) is 13.7. The van der Waals surface area contributed by atoms with Crippen molar-refractivity contribution in [1.82, 2.24) is 10.3 Å². The zero-order chi connectivity index (χ0) is 14.0. The lowest BCUT2D eigenvalue weighted by molar-refractivity contribution is 0.0939. The lowest BCUT2D eigenvalue weighted by atomic mass is 10.1. The Hall–Kier alpha value is -1.75. The molecule has 2 aromatic rings. The van der Waals surface area contributed by atoms with E-state index in [-0.39, 0.29) is 17.8 Å². The topological polar surface area (TPSA) is 42.0 Å². The van der Waals surface area contributed by atoms with E-state index < -0.39 is 0 Å². The molecule has 3 nitrogen and oxygen atoms in total. The van der Waals surface area contributed by atoms with Gasteiger partial charge in [-0.25, -0.2) is 9.37 Å². The highest BCUT2D eigenvalue weighted by Gasteiger charge is 2.20. The molecule has 0 radical (unpaired) electrons. The maximum absolute atomic E-state index is 13.8. The second-order valence-electron chi connectivity index (χ2n) is 4.52. The van der Waals surface area contributed by atoms with E-state index in [0.29, 0.717) is 16.1 Å². The van der Waals surface area contributed by atoms with Crippen molar-refractivity contribution in [2.75, 3.05) is 0 Å². The van der Waals surface area contributed by atoms with Gasteiger partial charge in [0.2, 0.25) is 0 Å². The van der Waals surface area contributed by atoms with Crippen molar-refractivity contribution in [2.45, 2.75) is 26.8 Å². The van der Waals surface area contributed by atoms with Crippen LogP contribution < -0.4 is 5.32 Å². The number of benzene rings is 1. The molecule has 0 aliphatic heterocycles.